The van der Waals surface area contributed by atoms with Crippen molar-refractivity contribution in [3.05, 3.63) is 83.9 Å². The van der Waals surface area contributed by atoms with Gasteiger partial charge in [-0.2, -0.15) is 5.10 Å². The zero-order valence-corrected chi connectivity index (χ0v) is 21.3. The number of aromatic hydroxyl groups is 1. The molecule has 1 aliphatic heterocycles. The van der Waals surface area contributed by atoms with Gasteiger partial charge in [0.1, 0.15) is 18.1 Å². The molecule has 0 bridgehead atoms. The second kappa shape index (κ2) is 11.0. The summed E-state index contributed by atoms with van der Waals surface area (Å²) in [4.78, 5) is 2.49. The predicted octanol–water partition coefficient (Wildman–Crippen LogP) is 6.65. The van der Waals surface area contributed by atoms with Crippen molar-refractivity contribution in [2.75, 3.05) is 26.2 Å². The fraction of sp³-hybridized carbons (Fsp3) is 0.323. The van der Waals surface area contributed by atoms with Crippen LogP contribution in [0.15, 0.2) is 72.8 Å². The van der Waals surface area contributed by atoms with E-state index in [4.69, 9.17) is 9.84 Å². The highest BCUT2D eigenvalue weighted by molar-refractivity contribution is 5.76. The Morgan fingerprint density at radius 3 is 2.17 bits per heavy atom. The Kier molecular flexibility index (Phi) is 7.38. The number of benzene rings is 3. The van der Waals surface area contributed by atoms with Gasteiger partial charge in [0.25, 0.3) is 0 Å². The average Bonchev–Trinajstić information content (AvgIpc) is 3.30. The Bertz CT molecular complexity index is 1270. The zero-order valence-electron chi connectivity index (χ0n) is 21.3. The third-order valence-corrected chi connectivity index (χ3v) is 7.01. The summed E-state index contributed by atoms with van der Waals surface area (Å²) in [5, 5.41) is 14.9. The summed E-state index contributed by atoms with van der Waals surface area (Å²) >= 11 is 0. The molecule has 3 aromatic carbocycles. The van der Waals surface area contributed by atoms with Crippen LogP contribution in [-0.2, 0) is 6.42 Å². The van der Waals surface area contributed by atoms with Crippen LogP contribution in [0.4, 0.5) is 0 Å². The molecule has 5 heteroatoms. The summed E-state index contributed by atoms with van der Waals surface area (Å²) in [5.74, 6) is 1.14. The zero-order chi connectivity index (χ0) is 24.9. The van der Waals surface area contributed by atoms with Crippen LogP contribution in [0.3, 0.4) is 0 Å². The number of aromatic nitrogens is 2. The van der Waals surface area contributed by atoms with E-state index in [0.717, 1.165) is 46.9 Å². The number of piperidine rings is 1. The number of hydrogen-bond donors (Lipinski definition) is 1. The van der Waals surface area contributed by atoms with Crippen LogP contribution in [-0.4, -0.2) is 46.0 Å². The van der Waals surface area contributed by atoms with Crippen LogP contribution in [0, 0.1) is 6.92 Å². The van der Waals surface area contributed by atoms with Crippen molar-refractivity contribution in [2.24, 2.45) is 0 Å². The first-order valence-electron chi connectivity index (χ1n) is 13.1. The topological polar surface area (TPSA) is 50.5 Å². The van der Waals surface area contributed by atoms with Gasteiger partial charge in [-0.05, 0) is 87.8 Å². The van der Waals surface area contributed by atoms with Gasteiger partial charge < -0.3 is 9.84 Å². The molecule has 1 saturated heterocycles. The number of aryl methyl sites for hydroxylation is 1. The highest BCUT2D eigenvalue weighted by atomic mass is 16.5. The van der Waals surface area contributed by atoms with Gasteiger partial charge in [-0.1, -0.05) is 43.2 Å². The molecule has 0 amide bonds. The van der Waals surface area contributed by atoms with Crippen molar-refractivity contribution in [3.8, 4) is 39.7 Å². The van der Waals surface area contributed by atoms with E-state index in [-0.39, 0.29) is 5.75 Å². The number of nitrogens with zero attached hydrogens (tertiary/aromatic N) is 3. The molecule has 2 heterocycles. The molecule has 186 valence electrons. The van der Waals surface area contributed by atoms with Gasteiger partial charge in [0.05, 0.1) is 17.1 Å². The molecular formula is C31H35N3O2. The molecule has 5 rings (SSSR count). The van der Waals surface area contributed by atoms with Gasteiger partial charge in [-0.25, -0.2) is 4.68 Å². The van der Waals surface area contributed by atoms with E-state index in [1.54, 1.807) is 12.1 Å². The van der Waals surface area contributed by atoms with Crippen LogP contribution < -0.4 is 4.74 Å². The molecule has 1 N–H and O–H groups in total. The standard InChI is InChI=1S/C31H35N3O2/c1-3-29-30(24-11-15-27(35)16-12-24)32-34(31(29)25-9-7-23(2)8-10-25)26-13-17-28(18-14-26)36-22-21-33-19-5-4-6-20-33/h7-18,35H,3-6,19-22H2,1-2H3. The summed E-state index contributed by atoms with van der Waals surface area (Å²) in [7, 11) is 0. The maximum absolute atomic E-state index is 9.79. The first-order chi connectivity index (χ1) is 17.6. The quantitative estimate of drug-likeness (QED) is 0.306. The number of phenols is 1. The number of phenolic OH excluding ortho intramolecular Hbond substituents is 1. The lowest BCUT2D eigenvalue weighted by Crippen LogP contribution is -2.33. The summed E-state index contributed by atoms with van der Waals surface area (Å²) in [5.41, 5.74) is 7.58. The SMILES string of the molecule is CCc1c(-c2ccc(O)cc2)nn(-c2ccc(OCCN3CCCCC3)cc2)c1-c1ccc(C)cc1. The Hall–Kier alpha value is -3.57. The van der Waals surface area contributed by atoms with Crippen molar-refractivity contribution in [1.29, 1.82) is 0 Å². The molecule has 5 nitrogen and oxygen atoms in total. The van der Waals surface area contributed by atoms with Crippen LogP contribution in [0.2, 0.25) is 0 Å². The third kappa shape index (κ3) is 5.31. The molecule has 0 saturated carbocycles. The lowest BCUT2D eigenvalue weighted by Gasteiger charge is -2.26. The summed E-state index contributed by atoms with van der Waals surface area (Å²) in [6, 6.07) is 24.2. The summed E-state index contributed by atoms with van der Waals surface area (Å²) in [6.07, 6.45) is 4.80. The minimum Gasteiger partial charge on any atom is -0.508 e. The number of hydrogen-bond acceptors (Lipinski definition) is 4. The Balaban J connectivity index is 1.46. The Morgan fingerprint density at radius 1 is 0.833 bits per heavy atom. The first kappa shape index (κ1) is 24.1. The molecule has 0 unspecified atom stereocenters. The Morgan fingerprint density at radius 2 is 1.50 bits per heavy atom. The van der Waals surface area contributed by atoms with Crippen molar-refractivity contribution < 1.29 is 9.84 Å². The molecule has 1 fully saturated rings. The fourth-order valence-electron chi connectivity index (χ4n) is 4.99. The van der Waals surface area contributed by atoms with E-state index in [1.807, 2.05) is 28.9 Å². The lowest BCUT2D eigenvalue weighted by molar-refractivity contribution is 0.183. The maximum atomic E-state index is 9.79. The molecule has 0 radical (unpaired) electrons. The molecular weight excluding hydrogens is 446 g/mol. The molecule has 0 aliphatic carbocycles. The van der Waals surface area contributed by atoms with Crippen LogP contribution in [0.25, 0.3) is 28.2 Å². The minimum atomic E-state index is 0.255. The van der Waals surface area contributed by atoms with E-state index in [1.165, 1.54) is 43.5 Å². The second-order valence-corrected chi connectivity index (χ2v) is 9.60. The monoisotopic (exact) mass is 481 g/mol. The van der Waals surface area contributed by atoms with E-state index in [9.17, 15) is 5.11 Å². The highest BCUT2D eigenvalue weighted by Crippen LogP contribution is 2.35. The van der Waals surface area contributed by atoms with E-state index < -0.39 is 0 Å². The van der Waals surface area contributed by atoms with Crippen LogP contribution in [0.1, 0.15) is 37.3 Å². The minimum absolute atomic E-state index is 0.255. The third-order valence-electron chi connectivity index (χ3n) is 7.01. The van der Waals surface area contributed by atoms with Crippen LogP contribution in [0.5, 0.6) is 11.5 Å². The normalized spacial score (nSPS) is 14.2. The second-order valence-electron chi connectivity index (χ2n) is 9.60. The summed E-state index contributed by atoms with van der Waals surface area (Å²) in [6.45, 7) is 8.34. The first-order valence-corrected chi connectivity index (χ1v) is 13.1. The van der Waals surface area contributed by atoms with Gasteiger partial charge in [-0.15, -0.1) is 0 Å². The van der Waals surface area contributed by atoms with Crippen molar-refractivity contribution in [2.45, 2.75) is 39.5 Å². The molecule has 0 atom stereocenters. The largest absolute Gasteiger partial charge is 0.508 e. The van der Waals surface area contributed by atoms with Gasteiger partial charge in [-0.3, -0.25) is 4.90 Å². The molecule has 4 aromatic rings. The smallest absolute Gasteiger partial charge is 0.119 e. The maximum Gasteiger partial charge on any atom is 0.119 e. The lowest BCUT2D eigenvalue weighted by atomic mass is 9.99. The molecule has 36 heavy (non-hydrogen) atoms. The number of rotatable bonds is 8. The number of ether oxygens (including phenoxy) is 1. The van der Waals surface area contributed by atoms with Crippen molar-refractivity contribution in [1.82, 2.24) is 14.7 Å². The van der Waals surface area contributed by atoms with E-state index in [0.29, 0.717) is 6.61 Å². The van der Waals surface area contributed by atoms with Crippen molar-refractivity contribution >= 4 is 0 Å². The fourth-order valence-corrected chi connectivity index (χ4v) is 4.99. The Labute approximate surface area is 214 Å². The highest BCUT2D eigenvalue weighted by Gasteiger charge is 2.20. The van der Waals surface area contributed by atoms with Crippen LogP contribution >= 0.6 is 0 Å². The molecule has 1 aromatic heterocycles. The molecule has 1 aliphatic rings. The van der Waals surface area contributed by atoms with E-state index >= 15 is 0 Å². The molecule has 0 spiro atoms. The van der Waals surface area contributed by atoms with Gasteiger partial charge in [0.2, 0.25) is 0 Å². The predicted molar refractivity (Wildman–Crippen MR) is 146 cm³/mol. The average molecular weight is 482 g/mol. The van der Waals surface area contributed by atoms with E-state index in [2.05, 4.69) is 55.1 Å². The van der Waals surface area contributed by atoms with Gasteiger partial charge in [0.15, 0.2) is 0 Å². The van der Waals surface area contributed by atoms with Gasteiger partial charge >= 0.3 is 0 Å². The van der Waals surface area contributed by atoms with Gasteiger partial charge in [0, 0.05) is 23.2 Å². The number of likely N-dealkylation sites (tertiary alicyclic amines) is 1. The van der Waals surface area contributed by atoms with Crippen molar-refractivity contribution in [3.63, 3.8) is 0 Å². The summed E-state index contributed by atoms with van der Waals surface area (Å²) < 4.78 is 8.11.